The van der Waals surface area contributed by atoms with Gasteiger partial charge in [0.2, 0.25) is 5.91 Å². The van der Waals surface area contributed by atoms with Gasteiger partial charge in [-0.15, -0.1) is 11.3 Å². The highest BCUT2D eigenvalue weighted by Gasteiger charge is 2.20. The minimum atomic E-state index is -0.0992. The van der Waals surface area contributed by atoms with Crippen LogP contribution in [0.15, 0.2) is 36.7 Å². The summed E-state index contributed by atoms with van der Waals surface area (Å²) in [6.45, 7) is 4.76. The third kappa shape index (κ3) is 4.43. The smallest absolute Gasteiger partial charge is 0.261 e. The summed E-state index contributed by atoms with van der Waals surface area (Å²) in [5, 5.41) is 7.25. The standard InChI is InChI=1S/C22H25N5O2S/c1-15-18-20(23-10-6-12-27-11-5-9-17(27)28)25-14-26-22(18)30-19(15)21(29)24-13-16-7-3-2-4-8-16/h2-4,7-8,14H,5-6,9-13H2,1H3,(H,24,29)(H,23,25,26). The van der Waals surface area contributed by atoms with Crippen molar-refractivity contribution in [1.29, 1.82) is 0 Å². The van der Waals surface area contributed by atoms with E-state index >= 15 is 0 Å². The van der Waals surface area contributed by atoms with Gasteiger partial charge in [0.1, 0.15) is 17.0 Å². The van der Waals surface area contributed by atoms with Crippen molar-refractivity contribution >= 4 is 39.2 Å². The lowest BCUT2D eigenvalue weighted by Crippen LogP contribution is -2.27. The average Bonchev–Trinajstić information content (AvgIpc) is 3.33. The van der Waals surface area contributed by atoms with E-state index < -0.39 is 0 Å². The van der Waals surface area contributed by atoms with Crippen molar-refractivity contribution in [3.63, 3.8) is 0 Å². The van der Waals surface area contributed by atoms with Crippen LogP contribution in [0.1, 0.15) is 40.1 Å². The maximum absolute atomic E-state index is 12.8. The molecule has 0 spiro atoms. The maximum atomic E-state index is 12.8. The number of anilines is 1. The van der Waals surface area contributed by atoms with E-state index in [1.54, 1.807) is 0 Å². The van der Waals surface area contributed by atoms with Crippen molar-refractivity contribution in [2.75, 3.05) is 25.0 Å². The van der Waals surface area contributed by atoms with Gasteiger partial charge in [-0.1, -0.05) is 30.3 Å². The lowest BCUT2D eigenvalue weighted by Gasteiger charge is -2.15. The van der Waals surface area contributed by atoms with Crippen LogP contribution in [0.2, 0.25) is 0 Å². The number of nitrogens with one attached hydrogen (secondary N) is 2. The first kappa shape index (κ1) is 20.3. The number of carbonyl (C=O) groups excluding carboxylic acids is 2. The van der Waals surface area contributed by atoms with E-state index in [-0.39, 0.29) is 11.8 Å². The molecule has 0 atom stereocenters. The first-order valence-corrected chi connectivity index (χ1v) is 11.0. The van der Waals surface area contributed by atoms with Crippen LogP contribution in [0, 0.1) is 6.92 Å². The molecular formula is C22H25N5O2S. The number of likely N-dealkylation sites (tertiary alicyclic amines) is 1. The summed E-state index contributed by atoms with van der Waals surface area (Å²) in [7, 11) is 0. The number of hydrogen-bond acceptors (Lipinski definition) is 6. The Morgan fingerprint density at radius 3 is 2.83 bits per heavy atom. The Morgan fingerprint density at radius 1 is 1.23 bits per heavy atom. The highest BCUT2D eigenvalue weighted by molar-refractivity contribution is 7.20. The molecule has 8 heteroatoms. The number of benzene rings is 1. The number of hydrogen-bond donors (Lipinski definition) is 2. The van der Waals surface area contributed by atoms with E-state index in [0.29, 0.717) is 24.4 Å². The second kappa shape index (κ2) is 9.21. The summed E-state index contributed by atoms with van der Waals surface area (Å²) in [5.41, 5.74) is 1.95. The second-order valence-corrected chi connectivity index (χ2v) is 8.39. The van der Waals surface area contributed by atoms with E-state index in [4.69, 9.17) is 0 Å². The molecule has 1 saturated heterocycles. The zero-order chi connectivity index (χ0) is 20.9. The molecule has 0 bridgehead atoms. The van der Waals surface area contributed by atoms with E-state index in [1.807, 2.05) is 42.2 Å². The zero-order valence-corrected chi connectivity index (χ0v) is 17.8. The maximum Gasteiger partial charge on any atom is 0.261 e. The minimum Gasteiger partial charge on any atom is -0.369 e. The topological polar surface area (TPSA) is 87.2 Å². The zero-order valence-electron chi connectivity index (χ0n) is 17.0. The normalized spacial score (nSPS) is 13.8. The molecular weight excluding hydrogens is 398 g/mol. The third-order valence-electron chi connectivity index (χ3n) is 5.30. The van der Waals surface area contributed by atoms with Gasteiger partial charge < -0.3 is 15.5 Å². The van der Waals surface area contributed by atoms with Gasteiger partial charge in [0.25, 0.3) is 5.91 Å². The predicted octanol–water partition coefficient (Wildman–Crippen LogP) is 3.35. The molecule has 1 aromatic carbocycles. The summed E-state index contributed by atoms with van der Waals surface area (Å²) in [5.74, 6) is 0.890. The number of nitrogens with zero attached hydrogens (tertiary/aromatic N) is 3. The number of fused-ring (bicyclic) bond motifs is 1. The quantitative estimate of drug-likeness (QED) is 0.543. The van der Waals surface area contributed by atoms with Gasteiger partial charge in [0.05, 0.1) is 10.3 Å². The molecule has 3 aromatic rings. The molecule has 0 unspecified atom stereocenters. The van der Waals surface area contributed by atoms with Crippen molar-refractivity contribution in [1.82, 2.24) is 20.2 Å². The SMILES string of the molecule is Cc1c(C(=O)NCc2ccccc2)sc2ncnc(NCCCN3CCCC3=O)c12. The van der Waals surface area contributed by atoms with Gasteiger partial charge in [0, 0.05) is 32.6 Å². The van der Waals surface area contributed by atoms with Gasteiger partial charge in [-0.2, -0.15) is 0 Å². The minimum absolute atomic E-state index is 0.0992. The van der Waals surface area contributed by atoms with Gasteiger partial charge in [-0.05, 0) is 30.9 Å². The summed E-state index contributed by atoms with van der Waals surface area (Å²) >= 11 is 1.39. The Hall–Kier alpha value is -3.00. The molecule has 156 valence electrons. The van der Waals surface area contributed by atoms with Crippen molar-refractivity contribution in [3.05, 3.63) is 52.7 Å². The van der Waals surface area contributed by atoms with Gasteiger partial charge in [-0.25, -0.2) is 9.97 Å². The van der Waals surface area contributed by atoms with Gasteiger partial charge >= 0.3 is 0 Å². The Morgan fingerprint density at radius 2 is 2.07 bits per heavy atom. The van der Waals surface area contributed by atoms with Crippen LogP contribution < -0.4 is 10.6 Å². The highest BCUT2D eigenvalue weighted by atomic mass is 32.1. The van der Waals surface area contributed by atoms with Crippen molar-refractivity contribution in [2.45, 2.75) is 32.7 Å². The highest BCUT2D eigenvalue weighted by Crippen LogP contribution is 2.33. The fraction of sp³-hybridized carbons (Fsp3) is 0.364. The summed E-state index contributed by atoms with van der Waals surface area (Å²) < 4.78 is 0. The van der Waals surface area contributed by atoms with E-state index in [0.717, 1.165) is 53.1 Å². The number of rotatable bonds is 8. The van der Waals surface area contributed by atoms with E-state index in [2.05, 4.69) is 20.6 Å². The lowest BCUT2D eigenvalue weighted by atomic mass is 10.2. The summed E-state index contributed by atoms with van der Waals surface area (Å²) in [6.07, 6.45) is 4.01. The molecule has 1 fully saturated rings. The molecule has 2 amide bonds. The number of aromatic nitrogens is 2. The molecule has 1 aliphatic heterocycles. The molecule has 1 aliphatic rings. The Labute approximate surface area is 179 Å². The fourth-order valence-electron chi connectivity index (χ4n) is 3.70. The second-order valence-electron chi connectivity index (χ2n) is 7.39. The third-order valence-corrected chi connectivity index (χ3v) is 6.50. The first-order chi connectivity index (χ1) is 14.6. The lowest BCUT2D eigenvalue weighted by molar-refractivity contribution is -0.127. The molecule has 0 radical (unpaired) electrons. The summed E-state index contributed by atoms with van der Waals surface area (Å²) in [4.78, 5) is 36.6. The number of carbonyl (C=O) groups is 2. The molecule has 7 nitrogen and oxygen atoms in total. The van der Waals surface area contributed by atoms with Crippen molar-refractivity contribution in [3.8, 4) is 0 Å². The Balaban J connectivity index is 1.41. The number of amides is 2. The molecule has 30 heavy (non-hydrogen) atoms. The fourth-order valence-corrected chi connectivity index (χ4v) is 4.76. The molecule has 2 aromatic heterocycles. The predicted molar refractivity (Wildman–Crippen MR) is 119 cm³/mol. The van der Waals surface area contributed by atoms with Crippen molar-refractivity contribution < 1.29 is 9.59 Å². The summed E-state index contributed by atoms with van der Waals surface area (Å²) in [6, 6.07) is 9.85. The molecule has 2 N–H and O–H groups in total. The van der Waals surface area contributed by atoms with Crippen molar-refractivity contribution in [2.24, 2.45) is 0 Å². The van der Waals surface area contributed by atoms with Crippen LogP contribution in [0.25, 0.3) is 10.2 Å². The van der Waals surface area contributed by atoms with E-state index in [1.165, 1.54) is 17.7 Å². The Kier molecular flexibility index (Phi) is 6.23. The molecule has 0 aliphatic carbocycles. The van der Waals surface area contributed by atoms with Crippen LogP contribution >= 0.6 is 11.3 Å². The van der Waals surface area contributed by atoms with Crippen LogP contribution in [0.4, 0.5) is 5.82 Å². The average molecular weight is 424 g/mol. The van der Waals surface area contributed by atoms with E-state index in [9.17, 15) is 9.59 Å². The largest absolute Gasteiger partial charge is 0.369 e. The van der Waals surface area contributed by atoms with Gasteiger partial charge in [-0.3, -0.25) is 9.59 Å². The molecule has 0 saturated carbocycles. The molecule has 3 heterocycles. The van der Waals surface area contributed by atoms with Crippen LogP contribution in [0.3, 0.4) is 0 Å². The number of aryl methyl sites for hydroxylation is 1. The molecule has 4 rings (SSSR count). The monoisotopic (exact) mass is 423 g/mol. The van der Waals surface area contributed by atoms with Gasteiger partial charge in [0.15, 0.2) is 0 Å². The Bertz CT molecular complexity index is 1050. The van der Waals surface area contributed by atoms with Crippen LogP contribution in [0.5, 0.6) is 0 Å². The van der Waals surface area contributed by atoms with Crippen LogP contribution in [-0.4, -0.2) is 46.3 Å². The van der Waals surface area contributed by atoms with Crippen LogP contribution in [-0.2, 0) is 11.3 Å². The number of thiophene rings is 1. The first-order valence-electron chi connectivity index (χ1n) is 10.2.